The van der Waals surface area contributed by atoms with Gasteiger partial charge in [-0.05, 0) is 41.8 Å². The molecule has 174 valence electrons. The molecule has 1 aliphatic rings. The Morgan fingerprint density at radius 3 is 2.31 bits per heavy atom. The number of rotatable bonds is 7. The van der Waals surface area contributed by atoms with Crippen LogP contribution < -0.4 is 9.47 Å². The fraction of sp³-hybridized carbons (Fsp3) is 0.381. The van der Waals surface area contributed by atoms with Crippen LogP contribution in [-0.4, -0.2) is 31.2 Å². The summed E-state index contributed by atoms with van der Waals surface area (Å²) in [5.41, 5.74) is 1.03. The highest BCUT2D eigenvalue weighted by atomic mass is 35.5. The van der Waals surface area contributed by atoms with Gasteiger partial charge in [0.2, 0.25) is 0 Å². The van der Waals surface area contributed by atoms with Crippen LogP contribution in [0.2, 0.25) is 5.02 Å². The van der Waals surface area contributed by atoms with E-state index in [4.69, 9.17) is 21.1 Å². The summed E-state index contributed by atoms with van der Waals surface area (Å²) in [4.78, 5) is 11.5. The largest absolute Gasteiger partial charge is 0.573 e. The van der Waals surface area contributed by atoms with Crippen LogP contribution in [0.15, 0.2) is 36.4 Å². The molecule has 2 aromatic carbocycles. The van der Waals surface area contributed by atoms with Crippen molar-refractivity contribution in [1.82, 2.24) is 0 Å². The Morgan fingerprint density at radius 1 is 1.09 bits per heavy atom. The van der Waals surface area contributed by atoms with Crippen LogP contribution in [-0.2, 0) is 9.53 Å². The summed E-state index contributed by atoms with van der Waals surface area (Å²) >= 11 is 6.21. The van der Waals surface area contributed by atoms with E-state index in [0.29, 0.717) is 12.0 Å². The third-order valence-electron chi connectivity index (χ3n) is 4.58. The van der Waals surface area contributed by atoms with E-state index in [-0.39, 0.29) is 46.3 Å². The number of ether oxygens (including phenoxy) is 3. The zero-order valence-electron chi connectivity index (χ0n) is 16.5. The molecule has 0 radical (unpaired) electrons. The zero-order chi connectivity index (χ0) is 23.7. The monoisotopic (exact) mass is 482 g/mol. The first-order valence-corrected chi connectivity index (χ1v) is 9.82. The number of benzene rings is 2. The van der Waals surface area contributed by atoms with Crippen molar-refractivity contribution in [3.63, 3.8) is 0 Å². The average Bonchev–Trinajstić information content (AvgIpc) is 3.44. The van der Waals surface area contributed by atoms with Crippen molar-refractivity contribution in [3.8, 4) is 22.6 Å². The second-order valence-corrected chi connectivity index (χ2v) is 7.49. The first-order chi connectivity index (χ1) is 14.9. The predicted molar refractivity (Wildman–Crippen MR) is 103 cm³/mol. The molecule has 32 heavy (non-hydrogen) atoms. The lowest BCUT2D eigenvalue weighted by Gasteiger charge is -2.17. The number of hydrogen-bond acceptors (Lipinski definition) is 4. The van der Waals surface area contributed by atoms with Crippen LogP contribution in [0, 0.1) is 0 Å². The van der Waals surface area contributed by atoms with Crippen LogP contribution in [0.3, 0.4) is 0 Å². The molecule has 0 heterocycles. The van der Waals surface area contributed by atoms with Gasteiger partial charge in [0.1, 0.15) is 17.6 Å². The molecule has 0 bridgehead atoms. The van der Waals surface area contributed by atoms with Crippen LogP contribution in [0.1, 0.15) is 31.2 Å². The Kier molecular flexibility index (Phi) is 6.83. The second-order valence-electron chi connectivity index (χ2n) is 7.08. The minimum absolute atomic E-state index is 0.107. The molecule has 1 saturated carbocycles. The third-order valence-corrected chi connectivity index (χ3v) is 4.86. The van der Waals surface area contributed by atoms with Gasteiger partial charge in [0.15, 0.2) is 6.61 Å². The fourth-order valence-electron chi connectivity index (χ4n) is 3.08. The highest BCUT2D eigenvalue weighted by Crippen LogP contribution is 2.48. The van der Waals surface area contributed by atoms with E-state index in [1.807, 2.05) is 0 Å². The molecule has 3 rings (SSSR count). The fourth-order valence-corrected chi connectivity index (χ4v) is 3.37. The van der Waals surface area contributed by atoms with Gasteiger partial charge in [0, 0.05) is 17.9 Å². The molecule has 4 nitrogen and oxygen atoms in total. The maximum absolute atomic E-state index is 12.7. The van der Waals surface area contributed by atoms with E-state index in [2.05, 4.69) is 4.74 Å². The predicted octanol–water partition coefficient (Wildman–Crippen LogP) is 6.66. The number of carbonyl (C=O) groups is 1. The van der Waals surface area contributed by atoms with Gasteiger partial charge in [-0.2, -0.15) is 13.2 Å². The molecule has 2 atom stereocenters. The van der Waals surface area contributed by atoms with Gasteiger partial charge < -0.3 is 14.2 Å². The molecule has 1 aliphatic carbocycles. The van der Waals surface area contributed by atoms with E-state index < -0.39 is 24.9 Å². The minimum Gasteiger partial charge on any atom is -0.482 e. The Balaban J connectivity index is 1.93. The van der Waals surface area contributed by atoms with E-state index >= 15 is 0 Å². The van der Waals surface area contributed by atoms with Gasteiger partial charge in [-0.1, -0.05) is 30.7 Å². The summed E-state index contributed by atoms with van der Waals surface area (Å²) in [6.07, 6.45) is -9.17. The van der Waals surface area contributed by atoms with E-state index in [1.54, 1.807) is 6.92 Å². The smallest absolute Gasteiger partial charge is 0.482 e. The molecule has 0 aliphatic heterocycles. The number of hydrogen-bond donors (Lipinski definition) is 0. The Labute approximate surface area is 184 Å². The zero-order valence-corrected chi connectivity index (χ0v) is 17.3. The van der Waals surface area contributed by atoms with E-state index in [0.717, 1.165) is 12.1 Å². The molecule has 2 aromatic rings. The highest BCUT2D eigenvalue weighted by Gasteiger charge is 2.42. The standard InChI is InChI=1S/C21H17ClF6O4/c1-2-18(29)31-17-9-14(17)12-7-15(19(16(22)8-12)30-10-20(23,24)25)11-3-5-13(6-4-11)32-21(26,27)28/h3-8,14,17H,2,9-10H2,1H3. The molecule has 0 saturated heterocycles. The lowest BCUT2D eigenvalue weighted by Crippen LogP contribution is -2.19. The average molecular weight is 483 g/mol. The van der Waals surface area contributed by atoms with Crippen molar-refractivity contribution in [2.24, 2.45) is 0 Å². The van der Waals surface area contributed by atoms with Gasteiger partial charge in [0.25, 0.3) is 0 Å². The van der Waals surface area contributed by atoms with Gasteiger partial charge in [-0.3, -0.25) is 4.79 Å². The normalized spacial score (nSPS) is 18.2. The molecular formula is C21H17ClF6O4. The highest BCUT2D eigenvalue weighted by molar-refractivity contribution is 6.32. The molecule has 11 heteroatoms. The summed E-state index contributed by atoms with van der Waals surface area (Å²) in [6.45, 7) is 0.0438. The van der Waals surface area contributed by atoms with Crippen molar-refractivity contribution in [2.45, 2.75) is 44.3 Å². The topological polar surface area (TPSA) is 44.8 Å². The Hall–Kier alpha value is -2.62. The number of esters is 1. The SMILES string of the molecule is CCC(=O)OC1CC1c1cc(Cl)c(OCC(F)(F)F)c(-c2ccc(OC(F)(F)F)cc2)c1. The summed E-state index contributed by atoms with van der Waals surface area (Å²) in [5, 5.41) is -0.107. The quantitative estimate of drug-likeness (QED) is 0.327. The molecule has 0 N–H and O–H groups in total. The van der Waals surface area contributed by atoms with Crippen molar-refractivity contribution < 1.29 is 45.3 Å². The molecular weight excluding hydrogens is 466 g/mol. The summed E-state index contributed by atoms with van der Waals surface area (Å²) < 4.78 is 89.3. The lowest BCUT2D eigenvalue weighted by atomic mass is 9.99. The summed E-state index contributed by atoms with van der Waals surface area (Å²) in [5.74, 6) is -1.34. The summed E-state index contributed by atoms with van der Waals surface area (Å²) in [7, 11) is 0. The minimum atomic E-state index is -4.89. The molecule has 0 amide bonds. The van der Waals surface area contributed by atoms with Crippen molar-refractivity contribution in [1.29, 1.82) is 0 Å². The van der Waals surface area contributed by atoms with Gasteiger partial charge in [-0.15, -0.1) is 13.2 Å². The van der Waals surface area contributed by atoms with E-state index in [9.17, 15) is 31.1 Å². The number of alkyl halides is 6. The Bertz CT molecular complexity index is 972. The first kappa shape index (κ1) is 24.0. The molecule has 2 unspecified atom stereocenters. The summed E-state index contributed by atoms with van der Waals surface area (Å²) in [6, 6.07) is 7.51. The second kappa shape index (κ2) is 9.09. The maximum Gasteiger partial charge on any atom is 0.573 e. The lowest BCUT2D eigenvalue weighted by molar-refractivity contribution is -0.274. The number of halogens is 7. The van der Waals surface area contributed by atoms with Gasteiger partial charge >= 0.3 is 18.5 Å². The molecule has 0 aromatic heterocycles. The van der Waals surface area contributed by atoms with Crippen LogP contribution in [0.4, 0.5) is 26.3 Å². The maximum atomic E-state index is 12.7. The Morgan fingerprint density at radius 2 is 1.75 bits per heavy atom. The number of carbonyl (C=O) groups excluding carboxylic acids is 1. The van der Waals surface area contributed by atoms with E-state index in [1.165, 1.54) is 24.3 Å². The molecule has 0 spiro atoms. The molecule has 1 fully saturated rings. The van der Waals surface area contributed by atoms with Crippen molar-refractivity contribution in [3.05, 3.63) is 47.0 Å². The van der Waals surface area contributed by atoms with Crippen LogP contribution in [0.25, 0.3) is 11.1 Å². The van der Waals surface area contributed by atoms with Crippen molar-refractivity contribution in [2.75, 3.05) is 6.61 Å². The van der Waals surface area contributed by atoms with Crippen LogP contribution in [0.5, 0.6) is 11.5 Å². The van der Waals surface area contributed by atoms with Gasteiger partial charge in [-0.25, -0.2) is 0 Å². The van der Waals surface area contributed by atoms with Gasteiger partial charge in [0.05, 0.1) is 5.02 Å². The first-order valence-electron chi connectivity index (χ1n) is 9.45. The van der Waals surface area contributed by atoms with Crippen LogP contribution >= 0.6 is 11.6 Å². The third kappa shape index (κ3) is 6.44. The van der Waals surface area contributed by atoms with Crippen molar-refractivity contribution >= 4 is 17.6 Å².